The van der Waals surface area contributed by atoms with Gasteiger partial charge in [0.1, 0.15) is 11.5 Å². The Hall–Kier alpha value is -2.24. The van der Waals surface area contributed by atoms with Gasteiger partial charge in [-0.05, 0) is 86.7 Å². The third kappa shape index (κ3) is 3.88. The zero-order valence-electron chi connectivity index (χ0n) is 17.5. The van der Waals surface area contributed by atoms with E-state index in [2.05, 4.69) is 5.32 Å². The van der Waals surface area contributed by atoms with Crippen molar-refractivity contribution < 1.29 is 19.8 Å². The topological polar surface area (TPSA) is 89.9 Å². The van der Waals surface area contributed by atoms with Gasteiger partial charge in [0.05, 0.1) is 0 Å². The molecule has 0 atom stereocenters. The van der Waals surface area contributed by atoms with Crippen LogP contribution in [0.25, 0.3) is 0 Å². The lowest BCUT2D eigenvalue weighted by Gasteiger charge is -2.56. The van der Waals surface area contributed by atoms with Crippen molar-refractivity contribution in [3.05, 3.63) is 23.8 Å². The van der Waals surface area contributed by atoms with E-state index in [1.807, 2.05) is 0 Å². The first-order valence-electron chi connectivity index (χ1n) is 11.5. The van der Waals surface area contributed by atoms with Gasteiger partial charge in [-0.25, -0.2) is 0 Å². The molecule has 30 heavy (non-hydrogen) atoms. The number of benzene rings is 1. The van der Waals surface area contributed by atoms with E-state index in [1.165, 1.54) is 56.7 Å². The quantitative estimate of drug-likeness (QED) is 0.707. The van der Waals surface area contributed by atoms with Gasteiger partial charge < -0.3 is 20.4 Å². The van der Waals surface area contributed by atoms with Crippen LogP contribution >= 0.6 is 0 Å². The van der Waals surface area contributed by atoms with Crippen molar-refractivity contribution in [2.75, 3.05) is 13.1 Å². The minimum atomic E-state index is -0.195. The monoisotopic (exact) mass is 412 g/mol. The largest absolute Gasteiger partial charge is 0.508 e. The molecule has 1 saturated heterocycles. The number of amides is 2. The van der Waals surface area contributed by atoms with Gasteiger partial charge in [-0.3, -0.25) is 9.59 Å². The third-order valence-corrected chi connectivity index (χ3v) is 8.00. The Kier molecular flexibility index (Phi) is 4.91. The molecule has 6 heteroatoms. The Morgan fingerprint density at radius 3 is 2.00 bits per heavy atom. The van der Waals surface area contributed by atoms with Gasteiger partial charge in [0, 0.05) is 37.2 Å². The maximum Gasteiger partial charge on any atom is 0.254 e. The number of piperidine rings is 1. The number of carbonyl (C=O) groups is 2. The summed E-state index contributed by atoms with van der Waals surface area (Å²) < 4.78 is 0. The molecule has 0 radical (unpaired) electrons. The summed E-state index contributed by atoms with van der Waals surface area (Å²) in [6, 6.07) is 4.08. The number of hydrogen-bond donors (Lipinski definition) is 3. The van der Waals surface area contributed by atoms with Crippen LogP contribution < -0.4 is 5.32 Å². The molecule has 6 nitrogen and oxygen atoms in total. The average Bonchev–Trinajstić information content (AvgIpc) is 2.65. The van der Waals surface area contributed by atoms with Gasteiger partial charge in [0.25, 0.3) is 5.91 Å². The first-order chi connectivity index (χ1) is 14.4. The van der Waals surface area contributed by atoms with Gasteiger partial charge in [-0.15, -0.1) is 0 Å². The number of carbonyl (C=O) groups excluding carboxylic acids is 2. The minimum Gasteiger partial charge on any atom is -0.508 e. The summed E-state index contributed by atoms with van der Waals surface area (Å²) in [6.07, 6.45) is 10.1. The fourth-order valence-electron chi connectivity index (χ4n) is 7.25. The fraction of sp³-hybridized carbons (Fsp3) is 0.667. The zero-order chi connectivity index (χ0) is 20.9. The molecule has 1 aromatic carbocycles. The summed E-state index contributed by atoms with van der Waals surface area (Å²) in [4.78, 5) is 27.3. The summed E-state index contributed by atoms with van der Waals surface area (Å²) in [5.74, 6) is 2.33. The molecule has 6 rings (SSSR count). The molecular weight excluding hydrogens is 380 g/mol. The molecule has 2 amide bonds. The highest BCUT2D eigenvalue weighted by Crippen LogP contribution is 2.61. The molecule has 162 valence electrons. The van der Waals surface area contributed by atoms with Gasteiger partial charge >= 0.3 is 0 Å². The number of aromatic hydroxyl groups is 2. The molecule has 0 spiro atoms. The highest BCUT2D eigenvalue weighted by molar-refractivity contribution is 5.95. The summed E-state index contributed by atoms with van der Waals surface area (Å²) in [5.41, 5.74) is 0.545. The number of hydrogen-bond acceptors (Lipinski definition) is 4. The molecule has 1 aliphatic heterocycles. The molecule has 0 aromatic heterocycles. The Bertz CT molecular complexity index is 788. The van der Waals surface area contributed by atoms with Crippen LogP contribution in [0.15, 0.2) is 18.2 Å². The predicted molar refractivity (Wildman–Crippen MR) is 112 cm³/mol. The maximum atomic E-state index is 12.9. The maximum absolute atomic E-state index is 12.9. The van der Waals surface area contributed by atoms with Gasteiger partial charge in [0.2, 0.25) is 5.91 Å². The molecule has 0 unspecified atom stereocenters. The molecule has 4 aliphatic carbocycles. The molecule has 4 saturated carbocycles. The van der Waals surface area contributed by atoms with Crippen molar-refractivity contribution in [1.82, 2.24) is 10.2 Å². The van der Waals surface area contributed by atoms with E-state index >= 15 is 0 Å². The van der Waals surface area contributed by atoms with E-state index in [1.54, 1.807) is 4.90 Å². The fourth-order valence-corrected chi connectivity index (χ4v) is 7.25. The Labute approximate surface area is 177 Å². The van der Waals surface area contributed by atoms with Crippen LogP contribution in [-0.4, -0.2) is 46.1 Å². The highest BCUT2D eigenvalue weighted by Gasteiger charge is 2.51. The van der Waals surface area contributed by atoms with Crippen molar-refractivity contribution in [1.29, 1.82) is 0 Å². The number of phenolic OH excluding ortho intramolecular Hbond substituents is 2. The van der Waals surface area contributed by atoms with E-state index in [4.69, 9.17) is 0 Å². The SMILES string of the molecule is O=C(CC12CC3CC(CC(C3)C1)C2)NC1CCN(C(=O)c2cc(O)cc(O)c2)CC1. The Balaban J connectivity index is 1.13. The lowest BCUT2D eigenvalue weighted by Crippen LogP contribution is -2.50. The van der Waals surface area contributed by atoms with Crippen LogP contribution in [0.2, 0.25) is 0 Å². The van der Waals surface area contributed by atoms with E-state index in [0.717, 1.165) is 30.6 Å². The molecule has 1 heterocycles. The average molecular weight is 413 g/mol. The van der Waals surface area contributed by atoms with Crippen LogP contribution in [0.1, 0.15) is 68.1 Å². The smallest absolute Gasteiger partial charge is 0.254 e. The third-order valence-electron chi connectivity index (χ3n) is 8.00. The van der Waals surface area contributed by atoms with Crippen LogP contribution in [0.4, 0.5) is 0 Å². The lowest BCUT2D eigenvalue weighted by atomic mass is 9.49. The van der Waals surface area contributed by atoms with E-state index in [9.17, 15) is 19.8 Å². The van der Waals surface area contributed by atoms with Crippen molar-refractivity contribution in [2.24, 2.45) is 23.2 Å². The summed E-state index contributed by atoms with van der Waals surface area (Å²) in [5, 5.41) is 22.5. The van der Waals surface area contributed by atoms with Gasteiger partial charge in [0.15, 0.2) is 0 Å². The summed E-state index contributed by atoms with van der Waals surface area (Å²) in [6.45, 7) is 1.13. The van der Waals surface area contributed by atoms with E-state index < -0.39 is 0 Å². The number of nitrogens with one attached hydrogen (secondary N) is 1. The second kappa shape index (κ2) is 7.47. The molecule has 5 aliphatic rings. The lowest BCUT2D eigenvalue weighted by molar-refractivity contribution is -0.130. The van der Waals surface area contributed by atoms with Crippen molar-refractivity contribution in [3.8, 4) is 11.5 Å². The van der Waals surface area contributed by atoms with Crippen LogP contribution in [0.3, 0.4) is 0 Å². The first kappa shape index (κ1) is 19.7. The van der Waals surface area contributed by atoms with Crippen LogP contribution in [0.5, 0.6) is 11.5 Å². The van der Waals surface area contributed by atoms with Gasteiger partial charge in [-0.2, -0.15) is 0 Å². The van der Waals surface area contributed by atoms with E-state index in [-0.39, 0.29) is 40.3 Å². The number of phenols is 2. The Morgan fingerprint density at radius 1 is 0.933 bits per heavy atom. The van der Waals surface area contributed by atoms with Gasteiger partial charge in [-0.1, -0.05) is 0 Å². The van der Waals surface area contributed by atoms with Crippen molar-refractivity contribution >= 4 is 11.8 Å². The van der Waals surface area contributed by atoms with Crippen molar-refractivity contribution in [3.63, 3.8) is 0 Å². The molecule has 1 aromatic rings. The number of nitrogens with zero attached hydrogens (tertiary/aromatic N) is 1. The standard InChI is InChI=1S/C24H32N2O4/c27-20-8-18(9-21(28)10-20)23(30)26-3-1-19(2-4-26)25-22(29)14-24-11-15-5-16(12-24)7-17(6-15)13-24/h8-10,15-17,19,27-28H,1-7,11-14H2,(H,25,29). The van der Waals surface area contributed by atoms with E-state index in [0.29, 0.717) is 19.5 Å². The minimum absolute atomic E-state index is 0.119. The molecular formula is C24H32N2O4. The second-order valence-electron chi connectivity index (χ2n) is 10.5. The van der Waals surface area contributed by atoms with Crippen LogP contribution in [-0.2, 0) is 4.79 Å². The molecule has 4 bridgehead atoms. The molecule has 3 N–H and O–H groups in total. The van der Waals surface area contributed by atoms with Crippen molar-refractivity contribution in [2.45, 2.75) is 63.8 Å². The predicted octanol–water partition coefficient (Wildman–Crippen LogP) is 3.43. The second-order valence-corrected chi connectivity index (χ2v) is 10.5. The summed E-state index contributed by atoms with van der Waals surface area (Å²) >= 11 is 0. The highest BCUT2D eigenvalue weighted by atomic mass is 16.3. The number of rotatable bonds is 4. The first-order valence-corrected chi connectivity index (χ1v) is 11.5. The summed E-state index contributed by atoms with van der Waals surface area (Å²) in [7, 11) is 0. The zero-order valence-corrected chi connectivity index (χ0v) is 17.5. The normalized spacial score (nSPS) is 32.9. The Morgan fingerprint density at radius 2 is 1.47 bits per heavy atom. The molecule has 5 fully saturated rings. The number of likely N-dealkylation sites (tertiary alicyclic amines) is 1. The van der Waals surface area contributed by atoms with Crippen LogP contribution in [0, 0.1) is 23.2 Å².